The number of hydroxylamine groups is 1. The van der Waals surface area contributed by atoms with Crippen molar-refractivity contribution in [1.29, 1.82) is 0 Å². The number of ketones is 1. The van der Waals surface area contributed by atoms with Gasteiger partial charge in [-0.05, 0) is 55.9 Å². The summed E-state index contributed by atoms with van der Waals surface area (Å²) >= 11 is 1.49. The molecule has 0 saturated heterocycles. The summed E-state index contributed by atoms with van der Waals surface area (Å²) in [4.78, 5) is 17.4. The van der Waals surface area contributed by atoms with E-state index >= 15 is 0 Å². The molecule has 5 heteroatoms. The molecule has 4 nitrogen and oxygen atoms in total. The lowest BCUT2D eigenvalue weighted by Gasteiger charge is -2.11. The number of thioether (sulfide) groups is 1. The van der Waals surface area contributed by atoms with Crippen LogP contribution in [-0.4, -0.2) is 18.1 Å². The molecule has 2 aliphatic rings. The molecular formula is C16H20N2O2S. The van der Waals surface area contributed by atoms with E-state index in [0.717, 1.165) is 17.3 Å². The lowest BCUT2D eigenvalue weighted by atomic mass is 10.1. The fraction of sp³-hybridized carbons (Fsp3) is 0.438. The van der Waals surface area contributed by atoms with E-state index in [9.17, 15) is 4.79 Å². The topological polar surface area (TPSA) is 50.4 Å². The number of carbonyl (C=O) groups is 1. The minimum Gasteiger partial charge on any atom is -0.402 e. The smallest absolute Gasteiger partial charge is 0.220 e. The molecule has 3 rings (SSSR count). The van der Waals surface area contributed by atoms with Crippen molar-refractivity contribution in [3.8, 4) is 0 Å². The van der Waals surface area contributed by atoms with Crippen molar-refractivity contribution < 1.29 is 9.63 Å². The van der Waals surface area contributed by atoms with Crippen LogP contribution in [0.1, 0.15) is 24.0 Å². The van der Waals surface area contributed by atoms with Crippen LogP contribution in [0.4, 0.5) is 5.69 Å². The Labute approximate surface area is 129 Å². The zero-order valence-corrected chi connectivity index (χ0v) is 13.2. The van der Waals surface area contributed by atoms with Gasteiger partial charge in [-0.2, -0.15) is 5.48 Å². The molecule has 1 fully saturated rings. The fourth-order valence-electron chi connectivity index (χ4n) is 2.10. The van der Waals surface area contributed by atoms with Gasteiger partial charge in [0.2, 0.25) is 11.5 Å². The van der Waals surface area contributed by atoms with E-state index in [1.165, 1.54) is 35.7 Å². The van der Waals surface area contributed by atoms with Crippen molar-refractivity contribution in [2.24, 2.45) is 5.92 Å². The van der Waals surface area contributed by atoms with E-state index < -0.39 is 0 Å². The van der Waals surface area contributed by atoms with Crippen LogP contribution in [0, 0.1) is 19.8 Å². The van der Waals surface area contributed by atoms with Crippen molar-refractivity contribution in [1.82, 2.24) is 5.48 Å². The lowest BCUT2D eigenvalue weighted by molar-refractivity contribution is -0.117. The maximum Gasteiger partial charge on any atom is 0.220 e. The number of rotatable bonds is 6. The van der Waals surface area contributed by atoms with Crippen LogP contribution in [0.25, 0.3) is 0 Å². The maximum absolute atomic E-state index is 11.9. The van der Waals surface area contributed by atoms with Gasteiger partial charge in [-0.15, -0.1) is 0 Å². The largest absolute Gasteiger partial charge is 0.402 e. The highest BCUT2D eigenvalue weighted by Gasteiger charge is 2.28. The van der Waals surface area contributed by atoms with E-state index in [4.69, 9.17) is 4.84 Å². The predicted octanol–water partition coefficient (Wildman–Crippen LogP) is 3.13. The Hall–Kier alpha value is -1.46. The Bertz CT molecular complexity index is 594. The average molecular weight is 304 g/mol. The maximum atomic E-state index is 11.9. The summed E-state index contributed by atoms with van der Waals surface area (Å²) in [5.41, 5.74) is 6.39. The first-order chi connectivity index (χ1) is 10.1. The molecule has 0 atom stereocenters. The van der Waals surface area contributed by atoms with Crippen LogP contribution in [-0.2, 0) is 9.63 Å². The number of aryl methyl sites for hydroxylation is 2. The number of hydrogen-bond donors (Lipinski definition) is 2. The Kier molecular flexibility index (Phi) is 4.22. The molecule has 0 amide bonds. The van der Waals surface area contributed by atoms with E-state index in [0.29, 0.717) is 17.4 Å². The van der Waals surface area contributed by atoms with Gasteiger partial charge in [-0.25, -0.2) is 0 Å². The van der Waals surface area contributed by atoms with Gasteiger partial charge < -0.3 is 10.2 Å². The molecule has 2 N–H and O–H groups in total. The number of allylic oxidation sites excluding steroid dienone is 1. The Morgan fingerprint density at radius 1 is 1.29 bits per heavy atom. The van der Waals surface area contributed by atoms with Crippen LogP contribution in [0.3, 0.4) is 0 Å². The summed E-state index contributed by atoms with van der Waals surface area (Å²) in [6.45, 7) is 4.98. The third kappa shape index (κ3) is 3.60. The Balaban J connectivity index is 1.68. The zero-order valence-electron chi connectivity index (χ0n) is 12.4. The molecule has 1 aromatic carbocycles. The lowest BCUT2D eigenvalue weighted by Crippen LogP contribution is -2.21. The van der Waals surface area contributed by atoms with E-state index in [-0.39, 0.29) is 5.78 Å². The monoisotopic (exact) mass is 304 g/mol. The second-order valence-corrected chi connectivity index (χ2v) is 6.67. The number of hydrogen-bond acceptors (Lipinski definition) is 5. The van der Waals surface area contributed by atoms with Gasteiger partial charge in [0.15, 0.2) is 0 Å². The molecule has 1 aliphatic carbocycles. The molecular weight excluding hydrogens is 284 g/mol. The second-order valence-electron chi connectivity index (χ2n) is 5.69. The molecule has 1 heterocycles. The van der Waals surface area contributed by atoms with Gasteiger partial charge in [0, 0.05) is 12.2 Å². The number of carbonyl (C=O) groups excluding carboxylic acids is 1. The summed E-state index contributed by atoms with van der Waals surface area (Å²) in [5, 5.41) is 4.10. The van der Waals surface area contributed by atoms with Gasteiger partial charge in [-0.1, -0.05) is 17.8 Å². The van der Waals surface area contributed by atoms with Crippen LogP contribution >= 0.6 is 11.8 Å². The highest BCUT2D eigenvalue weighted by molar-refractivity contribution is 8.04. The molecule has 0 radical (unpaired) electrons. The van der Waals surface area contributed by atoms with Crippen LogP contribution < -0.4 is 10.8 Å². The molecule has 0 unspecified atom stereocenters. The van der Waals surface area contributed by atoms with E-state index in [1.807, 2.05) is 6.07 Å². The second kappa shape index (κ2) is 6.12. The van der Waals surface area contributed by atoms with E-state index in [1.54, 1.807) is 0 Å². The third-order valence-corrected chi connectivity index (χ3v) is 4.80. The van der Waals surface area contributed by atoms with Gasteiger partial charge >= 0.3 is 0 Å². The first-order valence-electron chi connectivity index (χ1n) is 7.28. The molecule has 0 aromatic heterocycles. The van der Waals surface area contributed by atoms with Crippen molar-refractivity contribution in [2.45, 2.75) is 26.7 Å². The van der Waals surface area contributed by atoms with Gasteiger partial charge in [-0.3, -0.25) is 4.79 Å². The number of benzene rings is 1. The first kappa shape index (κ1) is 14.5. The van der Waals surface area contributed by atoms with Crippen LogP contribution in [0.2, 0.25) is 0 Å². The number of nitrogens with one attached hydrogen (secondary N) is 2. The SMILES string of the molecule is Cc1ccc(NC2=C(ONCC3CC3)C(=O)CS2)cc1C. The Morgan fingerprint density at radius 3 is 2.81 bits per heavy atom. The summed E-state index contributed by atoms with van der Waals surface area (Å²) < 4.78 is 0. The highest BCUT2D eigenvalue weighted by atomic mass is 32.2. The summed E-state index contributed by atoms with van der Waals surface area (Å²) in [7, 11) is 0. The normalized spacial score (nSPS) is 18.3. The zero-order chi connectivity index (χ0) is 14.8. The van der Waals surface area contributed by atoms with Crippen molar-refractivity contribution in [2.75, 3.05) is 17.6 Å². The van der Waals surface area contributed by atoms with Crippen LogP contribution in [0.15, 0.2) is 29.0 Å². The van der Waals surface area contributed by atoms with Gasteiger partial charge in [0.05, 0.1) is 5.75 Å². The standard InChI is InChI=1S/C16H20N2O2S/c1-10-3-6-13(7-11(10)2)18-16-15(14(19)9-21-16)20-17-8-12-4-5-12/h3,6-7,12,17-18H,4-5,8-9H2,1-2H3. The third-order valence-electron chi connectivity index (χ3n) is 3.82. The molecule has 0 spiro atoms. The quantitative estimate of drug-likeness (QED) is 0.791. The number of Topliss-reactive ketones (excluding diaryl/α,β-unsaturated/α-hetero) is 1. The summed E-state index contributed by atoms with van der Waals surface area (Å²) in [6, 6.07) is 6.18. The number of anilines is 1. The highest BCUT2D eigenvalue weighted by Crippen LogP contribution is 2.31. The fourth-order valence-corrected chi connectivity index (χ4v) is 2.98. The van der Waals surface area contributed by atoms with E-state index in [2.05, 4.69) is 36.8 Å². The predicted molar refractivity (Wildman–Crippen MR) is 85.8 cm³/mol. The molecule has 1 aromatic rings. The minimum absolute atomic E-state index is 0.0367. The van der Waals surface area contributed by atoms with Gasteiger partial charge in [0.25, 0.3) is 0 Å². The first-order valence-corrected chi connectivity index (χ1v) is 8.26. The van der Waals surface area contributed by atoms with Gasteiger partial charge in [0.1, 0.15) is 5.03 Å². The Morgan fingerprint density at radius 2 is 2.10 bits per heavy atom. The van der Waals surface area contributed by atoms with Crippen LogP contribution in [0.5, 0.6) is 0 Å². The molecule has 21 heavy (non-hydrogen) atoms. The average Bonchev–Trinajstić information content (AvgIpc) is 3.22. The molecule has 1 aliphatic heterocycles. The van der Waals surface area contributed by atoms with Crippen molar-refractivity contribution >= 4 is 23.2 Å². The minimum atomic E-state index is 0.0367. The summed E-state index contributed by atoms with van der Waals surface area (Å²) in [5.74, 6) is 1.60. The molecule has 0 bridgehead atoms. The molecule has 112 valence electrons. The van der Waals surface area contributed by atoms with Crippen molar-refractivity contribution in [3.63, 3.8) is 0 Å². The summed E-state index contributed by atoms with van der Waals surface area (Å²) in [6.07, 6.45) is 2.51. The van der Waals surface area contributed by atoms with Crippen molar-refractivity contribution in [3.05, 3.63) is 40.1 Å². The molecule has 1 saturated carbocycles.